The summed E-state index contributed by atoms with van der Waals surface area (Å²) in [5.74, 6) is 1.78. The summed E-state index contributed by atoms with van der Waals surface area (Å²) in [5.41, 5.74) is 18.0. The fourth-order valence-electron chi connectivity index (χ4n) is 5.97. The molecule has 1 unspecified atom stereocenters. The monoisotopic (exact) mass is 544 g/mol. The summed E-state index contributed by atoms with van der Waals surface area (Å²) < 4.78 is 12.9. The SMILES string of the molecule is COC(OC)C1CC=C(c2cnc(N3CCC(n4nc(N)c5c4C=C(c4ccccc4O)NN5)CC3)nc2)CC1. The number of methoxy groups -OCH3 is 2. The number of allylic oxidation sites excluding steroid dienone is 2. The highest BCUT2D eigenvalue weighted by Crippen LogP contribution is 2.37. The molecule has 3 aliphatic rings. The summed E-state index contributed by atoms with van der Waals surface area (Å²) in [6.07, 6.45) is 12.7. The van der Waals surface area contributed by atoms with Gasteiger partial charge in [0.1, 0.15) is 11.4 Å². The number of aromatic nitrogens is 4. The van der Waals surface area contributed by atoms with E-state index in [1.807, 2.05) is 35.3 Å². The van der Waals surface area contributed by atoms with Crippen LogP contribution in [-0.4, -0.2) is 58.5 Å². The van der Waals surface area contributed by atoms with E-state index in [-0.39, 0.29) is 18.1 Å². The van der Waals surface area contributed by atoms with Crippen molar-refractivity contribution < 1.29 is 14.6 Å². The maximum absolute atomic E-state index is 10.3. The van der Waals surface area contributed by atoms with E-state index in [9.17, 15) is 5.11 Å². The molecule has 0 amide bonds. The van der Waals surface area contributed by atoms with E-state index in [1.165, 1.54) is 5.57 Å². The number of piperidine rings is 1. The summed E-state index contributed by atoms with van der Waals surface area (Å²) in [4.78, 5) is 11.7. The quantitative estimate of drug-likeness (QED) is 0.323. The highest BCUT2D eigenvalue weighted by atomic mass is 16.7. The molecule has 1 aromatic carbocycles. The van der Waals surface area contributed by atoms with Crippen molar-refractivity contribution in [2.75, 3.05) is 43.4 Å². The van der Waals surface area contributed by atoms with Gasteiger partial charge in [0.15, 0.2) is 12.1 Å². The molecule has 0 saturated carbocycles. The van der Waals surface area contributed by atoms with Gasteiger partial charge in [-0.1, -0.05) is 18.2 Å². The van der Waals surface area contributed by atoms with E-state index in [1.54, 1.807) is 26.4 Å². The van der Waals surface area contributed by atoms with Gasteiger partial charge in [0.25, 0.3) is 0 Å². The van der Waals surface area contributed by atoms with Crippen molar-refractivity contribution in [2.45, 2.75) is 44.4 Å². The number of phenols is 1. The molecule has 4 heterocycles. The van der Waals surface area contributed by atoms with Crippen molar-refractivity contribution in [3.05, 3.63) is 59.6 Å². The topological polar surface area (TPSA) is 136 Å². The summed E-state index contributed by atoms with van der Waals surface area (Å²) in [6.45, 7) is 1.64. The second-order valence-corrected chi connectivity index (χ2v) is 10.5. The number of rotatable bonds is 7. The number of anilines is 3. The number of aromatic hydroxyl groups is 1. The van der Waals surface area contributed by atoms with Crippen molar-refractivity contribution >= 4 is 34.8 Å². The predicted molar refractivity (Wildman–Crippen MR) is 155 cm³/mol. The third-order valence-electron chi connectivity index (χ3n) is 8.18. The lowest BCUT2D eigenvalue weighted by atomic mass is 9.87. The molecule has 1 saturated heterocycles. The first kappa shape index (κ1) is 26.1. The maximum Gasteiger partial charge on any atom is 0.225 e. The Balaban J connectivity index is 1.12. The third kappa shape index (κ3) is 4.98. The van der Waals surface area contributed by atoms with Gasteiger partial charge in [0, 0.05) is 56.7 Å². The normalized spacial score (nSPS) is 19.5. The predicted octanol–water partition coefficient (Wildman–Crippen LogP) is 4.03. The van der Waals surface area contributed by atoms with Crippen molar-refractivity contribution in [1.82, 2.24) is 25.2 Å². The van der Waals surface area contributed by atoms with Gasteiger partial charge in [-0.15, -0.1) is 0 Å². The fourth-order valence-corrected chi connectivity index (χ4v) is 5.97. The van der Waals surface area contributed by atoms with E-state index in [2.05, 4.69) is 26.9 Å². The van der Waals surface area contributed by atoms with Crippen LogP contribution in [0.15, 0.2) is 42.7 Å². The number of nitrogens with two attached hydrogens (primary N) is 1. The molecule has 3 aromatic rings. The minimum absolute atomic E-state index is 0.161. The minimum Gasteiger partial charge on any atom is -0.507 e. The Kier molecular flexibility index (Phi) is 7.31. The summed E-state index contributed by atoms with van der Waals surface area (Å²) >= 11 is 0. The van der Waals surface area contributed by atoms with Crippen molar-refractivity contribution in [3.8, 4) is 5.75 Å². The number of hydrazine groups is 1. The lowest BCUT2D eigenvalue weighted by Gasteiger charge is -2.33. The van der Waals surface area contributed by atoms with Crippen LogP contribution in [0.25, 0.3) is 17.3 Å². The number of ether oxygens (including phenoxy) is 2. The van der Waals surface area contributed by atoms with Crippen LogP contribution in [0.3, 0.4) is 0 Å². The third-order valence-corrected chi connectivity index (χ3v) is 8.18. The summed E-state index contributed by atoms with van der Waals surface area (Å²) in [7, 11) is 3.39. The van der Waals surface area contributed by atoms with Crippen molar-refractivity contribution in [2.24, 2.45) is 5.92 Å². The Labute approximate surface area is 233 Å². The summed E-state index contributed by atoms with van der Waals surface area (Å²) in [6, 6.07) is 7.42. The first-order chi connectivity index (χ1) is 19.6. The van der Waals surface area contributed by atoms with Crippen LogP contribution in [0.5, 0.6) is 5.75 Å². The largest absolute Gasteiger partial charge is 0.507 e. The zero-order valence-electron chi connectivity index (χ0n) is 22.9. The van der Waals surface area contributed by atoms with Crippen LogP contribution < -0.4 is 21.5 Å². The van der Waals surface area contributed by atoms with Crippen LogP contribution in [0.4, 0.5) is 17.5 Å². The fraction of sp³-hybridized carbons (Fsp3) is 0.414. The van der Waals surface area contributed by atoms with Crippen LogP contribution in [0.1, 0.15) is 55.0 Å². The Morgan fingerprint density at radius 2 is 1.80 bits per heavy atom. The van der Waals surface area contributed by atoms with E-state index in [0.29, 0.717) is 17.3 Å². The van der Waals surface area contributed by atoms with E-state index < -0.39 is 0 Å². The lowest BCUT2D eigenvalue weighted by molar-refractivity contribution is -0.138. The Hall–Kier alpha value is -4.09. The molecule has 0 radical (unpaired) electrons. The van der Waals surface area contributed by atoms with Gasteiger partial charge in [-0.05, 0) is 55.9 Å². The molecule has 40 heavy (non-hydrogen) atoms. The molecule has 2 aliphatic heterocycles. The van der Waals surface area contributed by atoms with Gasteiger partial charge < -0.3 is 25.2 Å². The number of nitrogens with zero attached hydrogens (tertiary/aromatic N) is 5. The Morgan fingerprint density at radius 3 is 2.48 bits per heavy atom. The molecule has 5 N–H and O–H groups in total. The molecule has 0 bridgehead atoms. The van der Waals surface area contributed by atoms with Gasteiger partial charge in [0.2, 0.25) is 5.95 Å². The number of hydrogen-bond donors (Lipinski definition) is 4. The zero-order chi connectivity index (χ0) is 27.6. The van der Waals surface area contributed by atoms with Gasteiger partial charge >= 0.3 is 0 Å². The molecular formula is C29H36N8O3. The molecular weight excluding hydrogens is 508 g/mol. The molecule has 210 valence electrons. The molecule has 1 fully saturated rings. The highest BCUT2D eigenvalue weighted by Gasteiger charge is 2.29. The van der Waals surface area contributed by atoms with Crippen LogP contribution >= 0.6 is 0 Å². The number of nitrogen functional groups attached to an aromatic ring is 1. The molecule has 11 heteroatoms. The number of para-hydroxylation sites is 1. The smallest absolute Gasteiger partial charge is 0.225 e. The van der Waals surface area contributed by atoms with Crippen molar-refractivity contribution in [3.63, 3.8) is 0 Å². The first-order valence-corrected chi connectivity index (χ1v) is 13.8. The molecule has 11 nitrogen and oxygen atoms in total. The number of benzene rings is 1. The number of fused-ring (bicyclic) bond motifs is 1. The minimum atomic E-state index is -0.161. The van der Waals surface area contributed by atoms with Crippen LogP contribution in [0, 0.1) is 5.92 Å². The summed E-state index contributed by atoms with van der Waals surface area (Å²) in [5, 5.41) is 15.0. The van der Waals surface area contributed by atoms with Crippen molar-refractivity contribution in [1.29, 1.82) is 0 Å². The average Bonchev–Trinajstić information content (AvgIpc) is 3.34. The molecule has 1 atom stereocenters. The number of hydrogen-bond acceptors (Lipinski definition) is 10. The molecule has 6 rings (SSSR count). The second kappa shape index (κ2) is 11.2. The van der Waals surface area contributed by atoms with Gasteiger partial charge in [-0.25, -0.2) is 9.97 Å². The number of phenolic OH excluding ortho intramolecular Hbond substituents is 1. The van der Waals surface area contributed by atoms with Crippen LogP contribution in [0.2, 0.25) is 0 Å². The second-order valence-electron chi connectivity index (χ2n) is 10.5. The lowest BCUT2D eigenvalue weighted by Crippen LogP contribution is -2.36. The van der Waals surface area contributed by atoms with Gasteiger partial charge in [-0.2, -0.15) is 5.10 Å². The van der Waals surface area contributed by atoms with E-state index in [4.69, 9.17) is 25.2 Å². The maximum atomic E-state index is 10.3. The molecule has 2 aromatic heterocycles. The Bertz CT molecular complexity index is 1410. The molecule has 1 aliphatic carbocycles. The number of nitrogens with one attached hydrogen (secondary N) is 2. The van der Waals surface area contributed by atoms with Crippen LogP contribution in [-0.2, 0) is 9.47 Å². The van der Waals surface area contributed by atoms with E-state index in [0.717, 1.165) is 73.8 Å². The standard InChI is InChI=1S/C29H36N8O3/c1-39-28(40-2)19-9-7-18(8-10-19)20-16-31-29(32-17-20)36-13-11-21(12-14-36)37-24-15-23(22-5-3-4-6-25(22)38)33-34-26(24)27(30)35-37/h3-7,15-17,19,21,28,33-34,38H,8-14H2,1-2H3,(H2,30,35). The molecule has 0 spiro atoms. The highest BCUT2D eigenvalue weighted by molar-refractivity contribution is 5.91. The first-order valence-electron chi connectivity index (χ1n) is 13.8. The zero-order valence-corrected chi connectivity index (χ0v) is 22.9. The van der Waals surface area contributed by atoms with E-state index >= 15 is 0 Å². The van der Waals surface area contributed by atoms with Gasteiger partial charge in [-0.3, -0.25) is 15.5 Å². The van der Waals surface area contributed by atoms with Gasteiger partial charge in [0.05, 0.1) is 17.4 Å². The average molecular weight is 545 g/mol. The Morgan fingerprint density at radius 1 is 1.05 bits per heavy atom.